The van der Waals surface area contributed by atoms with E-state index in [9.17, 15) is 19.5 Å². The molecular formula is C24H30N4O7. The van der Waals surface area contributed by atoms with Gasteiger partial charge in [-0.3, -0.25) is 14.7 Å². The third kappa shape index (κ3) is 6.03. The lowest BCUT2D eigenvalue weighted by Crippen LogP contribution is -2.37. The first kappa shape index (κ1) is 24.4. The number of phenols is 1. The number of phenolic OH excluding ortho intramolecular Hbond substituents is 1. The number of rotatable bonds is 8. The molecule has 1 aliphatic heterocycles. The quantitative estimate of drug-likeness (QED) is 0.483. The molecule has 2 fully saturated rings. The molecule has 2 atom stereocenters. The molecule has 4 rings (SSSR count). The Morgan fingerprint density at radius 1 is 1.23 bits per heavy atom. The van der Waals surface area contributed by atoms with Crippen LogP contribution in [0.25, 0.3) is 0 Å². The van der Waals surface area contributed by atoms with Crippen LogP contribution >= 0.6 is 0 Å². The van der Waals surface area contributed by atoms with Crippen LogP contribution in [0.3, 0.4) is 0 Å². The maximum atomic E-state index is 12.4. The number of nitrogens with one attached hydrogen (secondary N) is 2. The summed E-state index contributed by atoms with van der Waals surface area (Å²) in [6, 6.07) is 4.45. The van der Waals surface area contributed by atoms with Crippen molar-refractivity contribution in [2.45, 2.75) is 50.5 Å². The van der Waals surface area contributed by atoms with E-state index in [1.165, 1.54) is 19.2 Å². The van der Waals surface area contributed by atoms with E-state index in [2.05, 4.69) is 15.5 Å². The van der Waals surface area contributed by atoms with Gasteiger partial charge < -0.3 is 29.5 Å². The summed E-state index contributed by atoms with van der Waals surface area (Å²) in [6.45, 7) is 1.13. The molecule has 0 radical (unpaired) electrons. The zero-order valence-electron chi connectivity index (χ0n) is 19.6. The van der Waals surface area contributed by atoms with Crippen molar-refractivity contribution in [1.29, 1.82) is 0 Å². The van der Waals surface area contributed by atoms with Crippen molar-refractivity contribution in [1.82, 2.24) is 15.1 Å². The van der Waals surface area contributed by atoms with Gasteiger partial charge in [0.25, 0.3) is 5.91 Å². The van der Waals surface area contributed by atoms with Gasteiger partial charge >= 0.3 is 6.09 Å². The van der Waals surface area contributed by atoms with Crippen LogP contribution in [0.4, 0.5) is 10.6 Å². The number of aromatic nitrogens is 2. The highest BCUT2D eigenvalue weighted by molar-refractivity contribution is 5.91. The van der Waals surface area contributed by atoms with Gasteiger partial charge in [0.05, 0.1) is 12.7 Å². The third-order valence-corrected chi connectivity index (χ3v) is 6.38. The average Bonchev–Trinajstić information content (AvgIpc) is 3.52. The maximum absolute atomic E-state index is 12.4. The van der Waals surface area contributed by atoms with Gasteiger partial charge in [-0.1, -0.05) is 0 Å². The van der Waals surface area contributed by atoms with Gasteiger partial charge in [0, 0.05) is 42.9 Å². The zero-order valence-corrected chi connectivity index (χ0v) is 19.6. The summed E-state index contributed by atoms with van der Waals surface area (Å²) in [5.41, 5.74) is 0.788. The van der Waals surface area contributed by atoms with E-state index in [-0.39, 0.29) is 40.9 Å². The lowest BCUT2D eigenvalue weighted by molar-refractivity contribution is -0.118. The van der Waals surface area contributed by atoms with Gasteiger partial charge in [-0.2, -0.15) is 5.10 Å². The van der Waals surface area contributed by atoms with Crippen molar-refractivity contribution in [3.8, 4) is 17.2 Å². The Labute approximate surface area is 202 Å². The molecule has 1 saturated heterocycles. The normalized spacial score (nSPS) is 19.7. The first-order chi connectivity index (χ1) is 17.0. The minimum Gasteiger partial charge on any atom is -0.507 e. The molecule has 1 aromatic heterocycles. The summed E-state index contributed by atoms with van der Waals surface area (Å²) in [4.78, 5) is 37.7. The second-order valence-electron chi connectivity index (χ2n) is 8.79. The van der Waals surface area contributed by atoms with Crippen LogP contribution in [0.5, 0.6) is 17.2 Å². The number of carbonyl (C=O) groups is 3. The fourth-order valence-electron chi connectivity index (χ4n) is 4.50. The number of H-pyrrole nitrogens is 1. The molecule has 1 saturated carbocycles. The van der Waals surface area contributed by atoms with E-state index < -0.39 is 12.5 Å². The van der Waals surface area contributed by atoms with Crippen molar-refractivity contribution in [3.63, 3.8) is 0 Å². The molecule has 0 bridgehead atoms. The van der Waals surface area contributed by atoms with Crippen LogP contribution in [0.15, 0.2) is 18.2 Å². The minimum atomic E-state index is -0.484. The number of methoxy groups -OCH3 is 1. The van der Waals surface area contributed by atoms with Gasteiger partial charge in [0.2, 0.25) is 0 Å². The largest absolute Gasteiger partial charge is 0.507 e. The van der Waals surface area contributed by atoms with Crippen LogP contribution in [0.2, 0.25) is 0 Å². The highest BCUT2D eigenvalue weighted by Crippen LogP contribution is 2.36. The molecule has 188 valence electrons. The van der Waals surface area contributed by atoms with E-state index in [1.807, 2.05) is 0 Å². The Balaban J connectivity index is 1.27. The highest BCUT2D eigenvalue weighted by atomic mass is 16.6. The van der Waals surface area contributed by atoms with Crippen molar-refractivity contribution >= 4 is 24.1 Å². The predicted molar refractivity (Wildman–Crippen MR) is 125 cm³/mol. The van der Waals surface area contributed by atoms with Crippen LogP contribution < -0.4 is 14.8 Å². The number of aldehydes is 1. The Hall–Kier alpha value is -3.76. The molecule has 2 aromatic rings. The first-order valence-electron chi connectivity index (χ1n) is 11.8. The van der Waals surface area contributed by atoms with Crippen LogP contribution in [0, 0.1) is 0 Å². The first-order valence-corrected chi connectivity index (χ1v) is 11.8. The number of piperidine rings is 1. The number of benzene rings is 1. The summed E-state index contributed by atoms with van der Waals surface area (Å²) in [7, 11) is 1.41. The lowest BCUT2D eigenvalue weighted by atomic mass is 10.0. The van der Waals surface area contributed by atoms with Gasteiger partial charge in [-0.05, 0) is 38.5 Å². The topological polar surface area (TPSA) is 143 Å². The number of hydrogen-bond acceptors (Lipinski definition) is 8. The standard InChI is InChI=1S/C24H30N4O7/c1-33-17-10-20(30)18(13-29)21(11-17)34-14-23(31)25-22-12-19(26-27-22)15-5-6-16(9-15)35-24(32)28-7-3-2-4-8-28/h10-13,15-16,30H,2-9,14H2,1H3,(H2,25,26,27,31)/t15?,16-/m1/s1. The Morgan fingerprint density at radius 2 is 2.03 bits per heavy atom. The number of nitrogens with zero attached hydrogens (tertiary/aromatic N) is 2. The number of aromatic amines is 1. The Morgan fingerprint density at radius 3 is 2.77 bits per heavy atom. The van der Waals surface area contributed by atoms with E-state index in [4.69, 9.17) is 14.2 Å². The minimum absolute atomic E-state index is 0.0332. The summed E-state index contributed by atoms with van der Waals surface area (Å²) >= 11 is 0. The average molecular weight is 487 g/mol. The molecule has 2 heterocycles. The molecule has 3 N–H and O–H groups in total. The summed E-state index contributed by atoms with van der Waals surface area (Å²) in [5.74, 6) is 0.0258. The number of amides is 2. The second-order valence-corrected chi connectivity index (χ2v) is 8.79. The monoisotopic (exact) mass is 486 g/mol. The van der Waals surface area contributed by atoms with Crippen LogP contribution in [0.1, 0.15) is 60.5 Å². The zero-order chi connectivity index (χ0) is 24.8. The molecule has 1 aliphatic carbocycles. The fourth-order valence-corrected chi connectivity index (χ4v) is 4.50. The number of ether oxygens (including phenoxy) is 3. The van der Waals surface area contributed by atoms with Crippen molar-refractivity contribution < 1.29 is 33.7 Å². The number of likely N-dealkylation sites (tertiary alicyclic amines) is 1. The molecule has 2 amide bonds. The summed E-state index contributed by atoms with van der Waals surface area (Å²) in [5, 5.41) is 19.6. The SMILES string of the molecule is COc1cc(O)c(C=O)c(OCC(=O)Nc2cc(C3CC[C@@H](OC(=O)N4CCCCC4)C3)[nH]n2)c1. The van der Waals surface area contributed by atoms with E-state index in [0.29, 0.717) is 18.5 Å². The molecule has 0 spiro atoms. The number of anilines is 1. The Bertz CT molecular complexity index is 1060. The maximum Gasteiger partial charge on any atom is 0.410 e. The van der Waals surface area contributed by atoms with E-state index in [0.717, 1.165) is 50.9 Å². The number of hydrogen-bond donors (Lipinski definition) is 3. The van der Waals surface area contributed by atoms with Gasteiger partial charge in [-0.25, -0.2) is 4.79 Å². The molecule has 11 heteroatoms. The smallest absolute Gasteiger partial charge is 0.410 e. The van der Waals surface area contributed by atoms with E-state index in [1.54, 1.807) is 11.0 Å². The highest BCUT2D eigenvalue weighted by Gasteiger charge is 2.31. The van der Waals surface area contributed by atoms with Crippen molar-refractivity contribution in [3.05, 3.63) is 29.5 Å². The van der Waals surface area contributed by atoms with Crippen molar-refractivity contribution in [2.24, 2.45) is 0 Å². The summed E-state index contributed by atoms with van der Waals surface area (Å²) in [6.07, 6.45) is 5.63. The van der Waals surface area contributed by atoms with Gasteiger partial charge in [0.15, 0.2) is 18.7 Å². The molecule has 1 aromatic carbocycles. The number of carbonyl (C=O) groups excluding carboxylic acids is 3. The fraction of sp³-hybridized carbons (Fsp3) is 0.500. The number of aromatic hydroxyl groups is 1. The second kappa shape index (κ2) is 11.1. The van der Waals surface area contributed by atoms with E-state index >= 15 is 0 Å². The van der Waals surface area contributed by atoms with Crippen molar-refractivity contribution in [2.75, 3.05) is 32.1 Å². The van der Waals surface area contributed by atoms with Gasteiger partial charge in [0.1, 0.15) is 23.4 Å². The Kier molecular flexibility index (Phi) is 7.74. The van der Waals surface area contributed by atoms with Crippen LogP contribution in [-0.2, 0) is 9.53 Å². The molecule has 2 aliphatic rings. The van der Waals surface area contributed by atoms with Gasteiger partial charge in [-0.15, -0.1) is 0 Å². The molecule has 35 heavy (non-hydrogen) atoms. The molecular weight excluding hydrogens is 456 g/mol. The van der Waals surface area contributed by atoms with Crippen LogP contribution in [-0.4, -0.2) is 71.4 Å². The molecule has 11 nitrogen and oxygen atoms in total. The summed E-state index contributed by atoms with van der Waals surface area (Å²) < 4.78 is 16.2. The third-order valence-electron chi connectivity index (χ3n) is 6.38. The molecule has 1 unspecified atom stereocenters. The lowest BCUT2D eigenvalue weighted by Gasteiger charge is -2.27. The predicted octanol–water partition coefficient (Wildman–Crippen LogP) is 3.21.